The van der Waals surface area contributed by atoms with E-state index >= 15 is 0 Å². The molecule has 0 aliphatic carbocycles. The number of hydrogen-bond donors (Lipinski definition) is 0. The Morgan fingerprint density at radius 1 is 1.06 bits per heavy atom. The molecular weight excluding hydrogens is 445 g/mol. The van der Waals surface area contributed by atoms with Crippen LogP contribution in [-0.4, -0.2) is 15.5 Å². The number of alkyl halides is 3. The molecule has 0 saturated heterocycles. The van der Waals surface area contributed by atoms with Gasteiger partial charge in [0.15, 0.2) is 5.65 Å². The summed E-state index contributed by atoms with van der Waals surface area (Å²) in [5.74, 6) is 0.735. The molecule has 2 aromatic heterocycles. The number of nitrogens with zero attached hydrogens (tertiary/aromatic N) is 2. The van der Waals surface area contributed by atoms with Crippen molar-refractivity contribution in [3.63, 3.8) is 0 Å². The SMILES string of the molecule is Cc1cc(-c2cn3cc(C(F)(F)F)cc(Cl)c3n2)ccc1OCc1ccccc1.O=C=O. The predicted molar refractivity (Wildman–Crippen MR) is 111 cm³/mol. The lowest BCUT2D eigenvalue weighted by atomic mass is 10.1. The van der Waals surface area contributed by atoms with Crippen LogP contribution in [0.3, 0.4) is 0 Å². The summed E-state index contributed by atoms with van der Waals surface area (Å²) in [5.41, 5.74) is 2.72. The van der Waals surface area contributed by atoms with Gasteiger partial charge >= 0.3 is 12.3 Å². The standard InChI is InChI=1S/C22H16ClF3N2O.CO2/c1-14-9-16(7-8-20(14)29-13-15-5-3-2-4-6-15)19-12-28-11-17(22(24,25)26)10-18(23)21(28)27-19;2-1-3/h2-12H,13H2,1H3;. The average Bonchev–Trinajstić information content (AvgIpc) is 3.19. The summed E-state index contributed by atoms with van der Waals surface area (Å²) in [6.45, 7) is 2.36. The smallest absolute Gasteiger partial charge is 0.417 e. The van der Waals surface area contributed by atoms with Crippen LogP contribution in [-0.2, 0) is 22.4 Å². The van der Waals surface area contributed by atoms with Gasteiger partial charge in [0.2, 0.25) is 0 Å². The van der Waals surface area contributed by atoms with Gasteiger partial charge < -0.3 is 9.14 Å². The van der Waals surface area contributed by atoms with E-state index in [1.807, 2.05) is 55.5 Å². The third kappa shape index (κ3) is 5.35. The van der Waals surface area contributed by atoms with Gasteiger partial charge in [0, 0.05) is 18.0 Å². The second-order valence-electron chi connectivity index (χ2n) is 6.77. The Labute approximate surface area is 186 Å². The predicted octanol–water partition coefficient (Wildman–Crippen LogP) is 5.98. The molecule has 0 saturated carbocycles. The fourth-order valence-corrected chi connectivity index (χ4v) is 3.31. The molecule has 0 amide bonds. The number of aromatic nitrogens is 2. The highest BCUT2D eigenvalue weighted by Crippen LogP contribution is 2.33. The summed E-state index contributed by atoms with van der Waals surface area (Å²) in [7, 11) is 0. The number of hydrogen-bond acceptors (Lipinski definition) is 4. The van der Waals surface area contributed by atoms with Crippen LogP contribution in [0.15, 0.2) is 67.0 Å². The first kappa shape index (κ1) is 23.1. The molecule has 2 aromatic carbocycles. The zero-order chi connectivity index (χ0) is 23.3. The van der Waals surface area contributed by atoms with Gasteiger partial charge in [0.1, 0.15) is 12.4 Å². The van der Waals surface area contributed by atoms with E-state index in [1.165, 1.54) is 10.6 Å². The lowest BCUT2D eigenvalue weighted by molar-refractivity contribution is -0.191. The van der Waals surface area contributed by atoms with Gasteiger partial charge in [-0.25, -0.2) is 4.98 Å². The molecule has 0 aliphatic rings. The molecule has 0 fully saturated rings. The molecule has 9 heteroatoms. The molecule has 0 radical (unpaired) electrons. The Morgan fingerprint density at radius 3 is 2.38 bits per heavy atom. The minimum absolute atomic E-state index is 0.0504. The normalized spacial score (nSPS) is 10.9. The van der Waals surface area contributed by atoms with Crippen LogP contribution < -0.4 is 4.74 Å². The summed E-state index contributed by atoms with van der Waals surface area (Å²) in [6, 6.07) is 16.3. The zero-order valence-electron chi connectivity index (χ0n) is 16.7. The fraction of sp³-hybridized carbons (Fsp3) is 0.130. The lowest BCUT2D eigenvalue weighted by Gasteiger charge is -2.10. The average molecular weight is 461 g/mol. The topological polar surface area (TPSA) is 60.7 Å². The third-order valence-electron chi connectivity index (χ3n) is 4.54. The van der Waals surface area contributed by atoms with Gasteiger partial charge in [0.05, 0.1) is 16.3 Å². The van der Waals surface area contributed by atoms with Crippen molar-refractivity contribution in [2.75, 3.05) is 0 Å². The van der Waals surface area contributed by atoms with Crippen LogP contribution in [0.1, 0.15) is 16.7 Å². The molecule has 5 nitrogen and oxygen atoms in total. The van der Waals surface area contributed by atoms with Crippen molar-refractivity contribution < 1.29 is 27.5 Å². The largest absolute Gasteiger partial charge is 0.489 e. The Bertz CT molecular complexity index is 1260. The molecule has 0 bridgehead atoms. The number of rotatable bonds is 4. The highest BCUT2D eigenvalue weighted by atomic mass is 35.5. The van der Waals surface area contributed by atoms with Crippen LogP contribution in [0.2, 0.25) is 5.02 Å². The number of halogens is 4. The Balaban J connectivity index is 0.000000913. The lowest BCUT2D eigenvalue weighted by Crippen LogP contribution is -2.06. The van der Waals surface area contributed by atoms with Crippen molar-refractivity contribution >= 4 is 23.4 Å². The summed E-state index contributed by atoms with van der Waals surface area (Å²) in [6.07, 6.45) is -1.70. The highest BCUT2D eigenvalue weighted by molar-refractivity contribution is 6.33. The van der Waals surface area contributed by atoms with Gasteiger partial charge in [-0.1, -0.05) is 41.9 Å². The molecule has 0 aliphatic heterocycles. The van der Waals surface area contributed by atoms with Crippen LogP contribution in [0.4, 0.5) is 13.2 Å². The fourth-order valence-electron chi connectivity index (χ4n) is 3.06. The molecule has 32 heavy (non-hydrogen) atoms. The van der Waals surface area contributed by atoms with Crippen LogP contribution >= 0.6 is 11.6 Å². The molecule has 4 aromatic rings. The van der Waals surface area contributed by atoms with Crippen molar-refractivity contribution in [3.05, 3.63) is 88.7 Å². The summed E-state index contributed by atoms with van der Waals surface area (Å²) in [5, 5.41) is -0.0504. The Morgan fingerprint density at radius 2 is 1.75 bits per heavy atom. The van der Waals surface area contributed by atoms with Gasteiger partial charge in [-0.15, -0.1) is 0 Å². The quantitative estimate of drug-likeness (QED) is 0.376. The zero-order valence-corrected chi connectivity index (χ0v) is 17.4. The van der Waals surface area contributed by atoms with Crippen molar-refractivity contribution in [2.45, 2.75) is 19.7 Å². The Kier molecular flexibility index (Phi) is 6.98. The number of fused-ring (bicyclic) bond motifs is 1. The van der Waals surface area contributed by atoms with E-state index in [1.54, 1.807) is 0 Å². The molecule has 0 spiro atoms. The first-order valence-electron chi connectivity index (χ1n) is 9.25. The van der Waals surface area contributed by atoms with E-state index in [-0.39, 0.29) is 16.8 Å². The van der Waals surface area contributed by atoms with Gasteiger partial charge in [-0.05, 0) is 42.3 Å². The van der Waals surface area contributed by atoms with Crippen LogP contribution in [0.5, 0.6) is 5.75 Å². The maximum atomic E-state index is 13.0. The van der Waals surface area contributed by atoms with Crippen molar-refractivity contribution in [2.24, 2.45) is 0 Å². The van der Waals surface area contributed by atoms with Crippen LogP contribution in [0, 0.1) is 6.92 Å². The summed E-state index contributed by atoms with van der Waals surface area (Å²) >= 11 is 6.02. The first-order valence-corrected chi connectivity index (χ1v) is 9.63. The second kappa shape index (κ2) is 9.68. The molecule has 164 valence electrons. The summed E-state index contributed by atoms with van der Waals surface area (Å²) < 4.78 is 46.2. The second-order valence-corrected chi connectivity index (χ2v) is 7.18. The number of imidazole rings is 1. The van der Waals surface area contributed by atoms with E-state index in [9.17, 15) is 13.2 Å². The monoisotopic (exact) mass is 460 g/mol. The van der Waals surface area contributed by atoms with Crippen LogP contribution in [0.25, 0.3) is 16.9 Å². The van der Waals surface area contributed by atoms with E-state index in [0.717, 1.165) is 34.7 Å². The van der Waals surface area contributed by atoms with Gasteiger partial charge in [0.25, 0.3) is 0 Å². The maximum Gasteiger partial charge on any atom is 0.417 e. The molecule has 0 atom stereocenters. The molecule has 2 heterocycles. The molecule has 0 unspecified atom stereocenters. The number of benzene rings is 2. The molecule has 0 N–H and O–H groups in total. The minimum atomic E-state index is -4.48. The molecule has 4 rings (SSSR count). The van der Waals surface area contributed by atoms with Crippen molar-refractivity contribution in [1.82, 2.24) is 9.38 Å². The maximum absolute atomic E-state index is 13.0. The number of pyridine rings is 1. The first-order chi connectivity index (χ1) is 15.2. The minimum Gasteiger partial charge on any atom is -0.489 e. The highest BCUT2D eigenvalue weighted by Gasteiger charge is 2.32. The number of carbonyl (C=O) groups excluding carboxylic acids is 2. The Hall–Kier alpha value is -3.61. The number of aryl methyl sites for hydroxylation is 1. The molecular formula is C23H16ClF3N2O3. The van der Waals surface area contributed by atoms with Gasteiger partial charge in [-0.2, -0.15) is 22.8 Å². The van der Waals surface area contributed by atoms with E-state index in [4.69, 9.17) is 25.9 Å². The van der Waals surface area contributed by atoms with E-state index in [2.05, 4.69) is 4.98 Å². The third-order valence-corrected chi connectivity index (χ3v) is 4.82. The summed E-state index contributed by atoms with van der Waals surface area (Å²) in [4.78, 5) is 20.6. The number of ether oxygens (including phenoxy) is 1. The van der Waals surface area contributed by atoms with Crippen molar-refractivity contribution in [3.8, 4) is 17.0 Å². The van der Waals surface area contributed by atoms with E-state index < -0.39 is 11.7 Å². The van der Waals surface area contributed by atoms with Gasteiger partial charge in [-0.3, -0.25) is 0 Å². The van der Waals surface area contributed by atoms with E-state index in [0.29, 0.717) is 12.3 Å². The van der Waals surface area contributed by atoms with Crippen molar-refractivity contribution in [1.29, 1.82) is 0 Å².